The number of hydrogen-bond acceptors (Lipinski definition) is 3. The molecule has 0 atom stereocenters. The maximum atomic E-state index is 11.8. The molecule has 1 aromatic rings. The van der Waals surface area contributed by atoms with Crippen LogP contribution < -0.4 is 10.5 Å². The van der Waals surface area contributed by atoms with Crippen LogP contribution in [0.15, 0.2) is 24.3 Å². The van der Waals surface area contributed by atoms with Crippen LogP contribution in [-0.2, 0) is 0 Å². The zero-order valence-electron chi connectivity index (χ0n) is 9.03. The Morgan fingerprint density at radius 2 is 2.13 bits per heavy atom. The Morgan fingerprint density at radius 1 is 1.40 bits per heavy atom. The average molecular weight is 207 g/mol. The van der Waals surface area contributed by atoms with E-state index in [1.54, 1.807) is 6.07 Å². The molecule has 0 bridgehead atoms. The monoisotopic (exact) mass is 207 g/mol. The summed E-state index contributed by atoms with van der Waals surface area (Å²) in [4.78, 5) is 11.8. The zero-order valence-corrected chi connectivity index (χ0v) is 9.03. The number of carbonyl (C=O) groups excluding carboxylic acids is 1. The minimum Gasteiger partial charge on any atom is -0.493 e. The van der Waals surface area contributed by atoms with Gasteiger partial charge in [0.25, 0.3) is 0 Å². The molecule has 0 radical (unpaired) electrons. The van der Waals surface area contributed by atoms with Crippen LogP contribution in [0, 0.1) is 0 Å². The average Bonchev–Trinajstić information content (AvgIpc) is 2.27. The molecule has 0 saturated carbocycles. The standard InChI is InChI=1S/C12H17NO2/c1-2-15-12-8-4-3-6-10(12)11(14)7-5-9-13/h3-4,6,8H,2,5,7,9,13H2,1H3. The summed E-state index contributed by atoms with van der Waals surface area (Å²) in [7, 11) is 0. The van der Waals surface area contributed by atoms with Crippen molar-refractivity contribution in [1.29, 1.82) is 0 Å². The van der Waals surface area contributed by atoms with Gasteiger partial charge in [-0.1, -0.05) is 12.1 Å². The summed E-state index contributed by atoms with van der Waals surface area (Å²) < 4.78 is 5.39. The molecule has 0 saturated heterocycles. The van der Waals surface area contributed by atoms with E-state index >= 15 is 0 Å². The van der Waals surface area contributed by atoms with Gasteiger partial charge in [-0.25, -0.2) is 0 Å². The van der Waals surface area contributed by atoms with E-state index in [1.807, 2.05) is 25.1 Å². The van der Waals surface area contributed by atoms with Crippen molar-refractivity contribution in [1.82, 2.24) is 0 Å². The Balaban J connectivity index is 2.77. The summed E-state index contributed by atoms with van der Waals surface area (Å²) in [6.45, 7) is 3.02. The summed E-state index contributed by atoms with van der Waals surface area (Å²) in [5.41, 5.74) is 6.03. The van der Waals surface area contributed by atoms with Crippen LogP contribution in [-0.4, -0.2) is 18.9 Å². The van der Waals surface area contributed by atoms with E-state index in [0.29, 0.717) is 30.9 Å². The quantitative estimate of drug-likeness (QED) is 0.726. The summed E-state index contributed by atoms with van der Waals surface area (Å²) in [5.74, 6) is 0.770. The van der Waals surface area contributed by atoms with Crippen LogP contribution in [0.25, 0.3) is 0 Å². The van der Waals surface area contributed by atoms with Gasteiger partial charge in [0, 0.05) is 6.42 Å². The molecular formula is C12H17NO2. The highest BCUT2D eigenvalue weighted by molar-refractivity contribution is 5.98. The first-order chi connectivity index (χ1) is 7.29. The van der Waals surface area contributed by atoms with Crippen molar-refractivity contribution in [2.75, 3.05) is 13.2 Å². The summed E-state index contributed by atoms with van der Waals surface area (Å²) in [5, 5.41) is 0. The Labute approximate surface area is 90.2 Å². The molecule has 0 unspecified atom stereocenters. The first-order valence-corrected chi connectivity index (χ1v) is 5.24. The minimum atomic E-state index is 0.101. The Hall–Kier alpha value is -1.35. The second kappa shape index (κ2) is 6.19. The highest BCUT2D eigenvalue weighted by Crippen LogP contribution is 2.19. The molecule has 0 amide bonds. The van der Waals surface area contributed by atoms with Crippen LogP contribution in [0.5, 0.6) is 5.75 Å². The first-order valence-electron chi connectivity index (χ1n) is 5.24. The number of nitrogens with two attached hydrogens (primary N) is 1. The van der Waals surface area contributed by atoms with Crippen LogP contribution >= 0.6 is 0 Å². The number of benzene rings is 1. The Morgan fingerprint density at radius 3 is 2.80 bits per heavy atom. The molecule has 3 heteroatoms. The number of ketones is 1. The molecule has 0 heterocycles. The van der Waals surface area contributed by atoms with E-state index in [9.17, 15) is 4.79 Å². The van der Waals surface area contributed by atoms with Gasteiger partial charge in [0.1, 0.15) is 5.75 Å². The van der Waals surface area contributed by atoms with Gasteiger partial charge in [-0.05, 0) is 32.0 Å². The molecule has 0 aromatic heterocycles. The number of rotatable bonds is 6. The highest BCUT2D eigenvalue weighted by atomic mass is 16.5. The molecule has 3 nitrogen and oxygen atoms in total. The maximum absolute atomic E-state index is 11.8. The molecule has 1 aromatic carbocycles. The fourth-order valence-corrected chi connectivity index (χ4v) is 1.38. The Bertz CT molecular complexity index is 323. The largest absolute Gasteiger partial charge is 0.493 e. The lowest BCUT2D eigenvalue weighted by atomic mass is 10.1. The van der Waals surface area contributed by atoms with Crippen LogP contribution in [0.4, 0.5) is 0 Å². The number of hydrogen-bond donors (Lipinski definition) is 1. The lowest BCUT2D eigenvalue weighted by Crippen LogP contribution is -2.07. The van der Waals surface area contributed by atoms with Crippen molar-refractivity contribution in [2.24, 2.45) is 5.73 Å². The van der Waals surface area contributed by atoms with Gasteiger partial charge in [0.05, 0.1) is 12.2 Å². The molecule has 0 fully saturated rings. The zero-order chi connectivity index (χ0) is 11.1. The van der Waals surface area contributed by atoms with Crippen LogP contribution in [0.2, 0.25) is 0 Å². The van der Waals surface area contributed by atoms with E-state index in [1.165, 1.54) is 0 Å². The van der Waals surface area contributed by atoms with Gasteiger partial charge in [-0.2, -0.15) is 0 Å². The number of Topliss-reactive ketones (excluding diaryl/α,β-unsaturated/α-hetero) is 1. The summed E-state index contributed by atoms with van der Waals surface area (Å²) in [6.07, 6.45) is 1.21. The van der Waals surface area contributed by atoms with Gasteiger partial charge >= 0.3 is 0 Å². The van der Waals surface area contributed by atoms with E-state index in [-0.39, 0.29) is 5.78 Å². The van der Waals surface area contributed by atoms with E-state index in [2.05, 4.69) is 0 Å². The third-order valence-corrected chi connectivity index (χ3v) is 2.10. The van der Waals surface area contributed by atoms with E-state index in [0.717, 1.165) is 6.42 Å². The molecule has 0 spiro atoms. The predicted molar refractivity (Wildman–Crippen MR) is 60.2 cm³/mol. The molecule has 82 valence electrons. The number of ether oxygens (including phenoxy) is 1. The normalized spacial score (nSPS) is 10.0. The third kappa shape index (κ3) is 3.36. The molecule has 1 rings (SSSR count). The molecule has 0 aliphatic rings. The van der Waals surface area contributed by atoms with Gasteiger partial charge in [-0.15, -0.1) is 0 Å². The minimum absolute atomic E-state index is 0.101. The Kier molecular flexibility index (Phi) is 4.84. The second-order valence-electron chi connectivity index (χ2n) is 3.24. The van der Waals surface area contributed by atoms with Gasteiger partial charge in [0.15, 0.2) is 5.78 Å². The van der Waals surface area contributed by atoms with Crippen molar-refractivity contribution in [2.45, 2.75) is 19.8 Å². The fourth-order valence-electron chi connectivity index (χ4n) is 1.38. The molecule has 15 heavy (non-hydrogen) atoms. The molecule has 0 aliphatic carbocycles. The molecule has 2 N–H and O–H groups in total. The van der Waals surface area contributed by atoms with Gasteiger partial charge in [-0.3, -0.25) is 4.79 Å². The van der Waals surface area contributed by atoms with Crippen molar-refractivity contribution < 1.29 is 9.53 Å². The molecule has 0 aliphatic heterocycles. The van der Waals surface area contributed by atoms with E-state index < -0.39 is 0 Å². The molecular weight excluding hydrogens is 190 g/mol. The van der Waals surface area contributed by atoms with Crippen molar-refractivity contribution in [3.8, 4) is 5.75 Å². The number of para-hydroxylation sites is 1. The lowest BCUT2D eigenvalue weighted by molar-refractivity contribution is 0.0977. The summed E-state index contributed by atoms with van der Waals surface area (Å²) in [6, 6.07) is 7.33. The SMILES string of the molecule is CCOc1ccccc1C(=O)CCCN. The fraction of sp³-hybridized carbons (Fsp3) is 0.417. The van der Waals surface area contributed by atoms with Crippen LogP contribution in [0.1, 0.15) is 30.1 Å². The summed E-state index contributed by atoms with van der Waals surface area (Å²) >= 11 is 0. The highest BCUT2D eigenvalue weighted by Gasteiger charge is 2.10. The first kappa shape index (κ1) is 11.7. The maximum Gasteiger partial charge on any atom is 0.166 e. The van der Waals surface area contributed by atoms with Crippen molar-refractivity contribution >= 4 is 5.78 Å². The number of carbonyl (C=O) groups is 1. The van der Waals surface area contributed by atoms with Gasteiger partial charge in [0.2, 0.25) is 0 Å². The topological polar surface area (TPSA) is 52.3 Å². The van der Waals surface area contributed by atoms with Crippen molar-refractivity contribution in [3.05, 3.63) is 29.8 Å². The lowest BCUT2D eigenvalue weighted by Gasteiger charge is -2.08. The van der Waals surface area contributed by atoms with Crippen molar-refractivity contribution in [3.63, 3.8) is 0 Å². The van der Waals surface area contributed by atoms with Crippen LogP contribution in [0.3, 0.4) is 0 Å². The smallest absolute Gasteiger partial charge is 0.166 e. The van der Waals surface area contributed by atoms with Gasteiger partial charge < -0.3 is 10.5 Å². The predicted octanol–water partition coefficient (Wildman–Crippen LogP) is 2.01. The van der Waals surface area contributed by atoms with E-state index in [4.69, 9.17) is 10.5 Å². The second-order valence-corrected chi connectivity index (χ2v) is 3.24. The third-order valence-electron chi connectivity index (χ3n) is 2.10.